The van der Waals surface area contributed by atoms with E-state index in [1.54, 1.807) is 0 Å². The van der Waals surface area contributed by atoms with Crippen molar-refractivity contribution < 1.29 is 27.9 Å². The first-order valence-electron chi connectivity index (χ1n) is 6.19. The summed E-state index contributed by atoms with van der Waals surface area (Å²) in [5, 5.41) is 13.1. The van der Waals surface area contributed by atoms with E-state index in [9.17, 15) is 22.8 Å². The number of para-hydroxylation sites is 1. The van der Waals surface area contributed by atoms with Crippen molar-refractivity contribution in [2.24, 2.45) is 0 Å². The molecule has 0 saturated carbocycles. The van der Waals surface area contributed by atoms with Crippen molar-refractivity contribution in [1.29, 1.82) is 0 Å². The lowest BCUT2D eigenvalue weighted by Gasteiger charge is -2.13. The summed E-state index contributed by atoms with van der Waals surface area (Å²) in [5.41, 5.74) is 0.0382. The van der Waals surface area contributed by atoms with Crippen LogP contribution in [0.1, 0.15) is 18.4 Å². The summed E-state index contributed by atoms with van der Waals surface area (Å²) in [5.74, 6) is -0.979. The van der Waals surface area contributed by atoms with Crippen LogP contribution in [-0.4, -0.2) is 29.8 Å². The van der Waals surface area contributed by atoms with E-state index in [-0.39, 0.29) is 30.6 Å². The number of anilines is 1. The zero-order valence-corrected chi connectivity index (χ0v) is 11.0. The van der Waals surface area contributed by atoms with Gasteiger partial charge in [0.2, 0.25) is 0 Å². The molecule has 0 aromatic heterocycles. The van der Waals surface area contributed by atoms with Crippen molar-refractivity contribution in [2.45, 2.75) is 25.4 Å². The minimum Gasteiger partial charge on any atom is -0.481 e. The molecule has 8 heteroatoms. The molecule has 1 aromatic rings. The average molecular weight is 304 g/mol. The van der Waals surface area contributed by atoms with Crippen LogP contribution in [0, 0.1) is 0 Å². The lowest BCUT2D eigenvalue weighted by molar-refractivity contribution is -0.137. The molecule has 0 spiro atoms. The van der Waals surface area contributed by atoms with Crippen LogP contribution >= 0.6 is 0 Å². The molecule has 0 atom stereocenters. The maximum absolute atomic E-state index is 12.4. The van der Waals surface area contributed by atoms with Crippen molar-refractivity contribution in [2.75, 3.05) is 11.9 Å². The fourth-order valence-electron chi connectivity index (χ4n) is 1.62. The number of urea groups is 1. The number of hydrogen-bond acceptors (Lipinski definition) is 2. The van der Waals surface area contributed by atoms with Crippen molar-refractivity contribution >= 4 is 17.7 Å². The number of carboxylic acids is 1. The normalized spacial score (nSPS) is 11.0. The Morgan fingerprint density at radius 1 is 1.19 bits per heavy atom. The first-order valence-corrected chi connectivity index (χ1v) is 6.19. The molecule has 2 amide bonds. The standard InChI is InChI=1S/C13H15F3N2O3/c14-13(15,16)8-9-4-1-2-5-10(9)18-12(21)17-7-3-6-11(19)20/h1-2,4-5H,3,6-8H2,(H,19,20)(H2,17,18,21). The number of rotatable bonds is 6. The second-order valence-electron chi connectivity index (χ2n) is 4.33. The molecule has 1 rings (SSSR count). The molecular weight excluding hydrogens is 289 g/mol. The predicted octanol–water partition coefficient (Wildman–Crippen LogP) is 2.78. The highest BCUT2D eigenvalue weighted by Crippen LogP contribution is 2.25. The van der Waals surface area contributed by atoms with Crippen molar-refractivity contribution in [3.63, 3.8) is 0 Å². The maximum atomic E-state index is 12.4. The number of aliphatic carboxylic acids is 1. The van der Waals surface area contributed by atoms with Crippen LogP contribution in [0.3, 0.4) is 0 Å². The van der Waals surface area contributed by atoms with Gasteiger partial charge in [-0.1, -0.05) is 18.2 Å². The summed E-state index contributed by atoms with van der Waals surface area (Å²) in [7, 11) is 0. The topological polar surface area (TPSA) is 78.4 Å². The second-order valence-corrected chi connectivity index (χ2v) is 4.33. The van der Waals surface area contributed by atoms with E-state index in [0.29, 0.717) is 0 Å². The van der Waals surface area contributed by atoms with Gasteiger partial charge in [-0.15, -0.1) is 0 Å². The third kappa shape index (κ3) is 7.19. The molecule has 21 heavy (non-hydrogen) atoms. The van der Waals surface area contributed by atoms with E-state index in [0.717, 1.165) is 0 Å². The Hall–Kier alpha value is -2.25. The molecule has 3 N–H and O–H groups in total. The van der Waals surface area contributed by atoms with E-state index < -0.39 is 24.6 Å². The first-order chi connectivity index (χ1) is 9.78. The number of hydrogen-bond donors (Lipinski definition) is 3. The third-order valence-corrected chi connectivity index (χ3v) is 2.51. The third-order valence-electron chi connectivity index (χ3n) is 2.51. The number of carboxylic acid groups (broad SMARTS) is 1. The van der Waals surface area contributed by atoms with E-state index in [2.05, 4.69) is 10.6 Å². The summed E-state index contributed by atoms with van der Waals surface area (Å²) in [6, 6.07) is 4.96. The van der Waals surface area contributed by atoms with Gasteiger partial charge in [0.15, 0.2) is 0 Å². The smallest absolute Gasteiger partial charge is 0.393 e. The SMILES string of the molecule is O=C(O)CCCNC(=O)Nc1ccccc1CC(F)(F)F. The lowest BCUT2D eigenvalue weighted by Crippen LogP contribution is -2.30. The van der Waals surface area contributed by atoms with Gasteiger partial charge in [-0.3, -0.25) is 4.79 Å². The number of amides is 2. The minimum absolute atomic E-state index is 0.0364. The van der Waals surface area contributed by atoms with E-state index in [1.165, 1.54) is 24.3 Å². The number of alkyl halides is 3. The van der Waals surface area contributed by atoms with Crippen molar-refractivity contribution in [3.8, 4) is 0 Å². The summed E-state index contributed by atoms with van der Waals surface area (Å²) in [6.07, 6.45) is -5.35. The molecule has 0 heterocycles. The summed E-state index contributed by atoms with van der Waals surface area (Å²) < 4.78 is 37.2. The number of nitrogens with one attached hydrogen (secondary N) is 2. The summed E-state index contributed by atoms with van der Waals surface area (Å²) in [6.45, 7) is 0.125. The molecule has 0 fully saturated rings. The van der Waals surface area contributed by atoms with Gasteiger partial charge in [0, 0.05) is 18.7 Å². The Labute approximate surface area is 119 Å². The summed E-state index contributed by atoms with van der Waals surface area (Å²) >= 11 is 0. The van der Waals surface area contributed by atoms with Crippen LogP contribution < -0.4 is 10.6 Å². The Morgan fingerprint density at radius 3 is 2.48 bits per heavy atom. The largest absolute Gasteiger partial charge is 0.481 e. The van der Waals surface area contributed by atoms with E-state index >= 15 is 0 Å². The molecule has 5 nitrogen and oxygen atoms in total. The monoisotopic (exact) mass is 304 g/mol. The fraction of sp³-hybridized carbons (Fsp3) is 0.385. The van der Waals surface area contributed by atoms with Crippen LogP contribution in [0.4, 0.5) is 23.7 Å². The molecule has 0 aliphatic carbocycles. The molecule has 1 aromatic carbocycles. The van der Waals surface area contributed by atoms with Gasteiger partial charge in [-0.25, -0.2) is 4.79 Å². The molecular formula is C13H15F3N2O3. The quantitative estimate of drug-likeness (QED) is 0.707. The van der Waals surface area contributed by atoms with Crippen LogP contribution in [0.2, 0.25) is 0 Å². The highest BCUT2D eigenvalue weighted by molar-refractivity contribution is 5.90. The van der Waals surface area contributed by atoms with E-state index in [4.69, 9.17) is 5.11 Å². The summed E-state index contributed by atoms with van der Waals surface area (Å²) in [4.78, 5) is 21.8. The average Bonchev–Trinajstić information content (AvgIpc) is 2.35. The number of carbonyl (C=O) groups excluding carboxylic acids is 1. The van der Waals surface area contributed by atoms with Crippen LogP contribution in [0.15, 0.2) is 24.3 Å². The van der Waals surface area contributed by atoms with Gasteiger partial charge in [0.1, 0.15) is 0 Å². The van der Waals surface area contributed by atoms with Gasteiger partial charge in [-0.2, -0.15) is 13.2 Å². The van der Waals surface area contributed by atoms with Gasteiger partial charge in [0.25, 0.3) is 0 Å². The molecule has 0 bridgehead atoms. The van der Waals surface area contributed by atoms with Crippen LogP contribution in [0.25, 0.3) is 0 Å². The van der Waals surface area contributed by atoms with E-state index in [1.807, 2.05) is 0 Å². The van der Waals surface area contributed by atoms with Crippen LogP contribution in [0.5, 0.6) is 0 Å². The van der Waals surface area contributed by atoms with Gasteiger partial charge in [0.05, 0.1) is 6.42 Å². The van der Waals surface area contributed by atoms with Gasteiger partial charge < -0.3 is 15.7 Å². The number of carbonyl (C=O) groups is 2. The van der Waals surface area contributed by atoms with Crippen LogP contribution in [-0.2, 0) is 11.2 Å². The Bertz CT molecular complexity index is 504. The second kappa shape index (κ2) is 7.51. The number of halogens is 3. The van der Waals surface area contributed by atoms with Gasteiger partial charge >= 0.3 is 18.2 Å². The molecule has 0 aliphatic heterocycles. The predicted molar refractivity (Wildman–Crippen MR) is 70.1 cm³/mol. The Balaban J connectivity index is 2.54. The van der Waals surface area contributed by atoms with Crippen molar-refractivity contribution in [1.82, 2.24) is 5.32 Å². The Kier molecular flexibility index (Phi) is 6.01. The molecule has 116 valence electrons. The highest BCUT2D eigenvalue weighted by Gasteiger charge is 2.28. The fourth-order valence-corrected chi connectivity index (χ4v) is 1.62. The maximum Gasteiger partial charge on any atom is 0.393 e. The zero-order chi connectivity index (χ0) is 15.9. The minimum atomic E-state index is -4.37. The molecule has 0 saturated heterocycles. The van der Waals surface area contributed by atoms with Gasteiger partial charge in [-0.05, 0) is 18.1 Å². The zero-order valence-electron chi connectivity index (χ0n) is 11.0. The molecule has 0 aliphatic rings. The molecule has 0 unspecified atom stereocenters. The lowest BCUT2D eigenvalue weighted by atomic mass is 10.1. The molecule has 0 radical (unpaired) electrons. The number of benzene rings is 1. The first kappa shape index (κ1) is 16.8. The Morgan fingerprint density at radius 2 is 1.86 bits per heavy atom. The highest BCUT2D eigenvalue weighted by atomic mass is 19.4. The van der Waals surface area contributed by atoms with Crippen molar-refractivity contribution in [3.05, 3.63) is 29.8 Å².